The number of halogens is 1. The Bertz CT molecular complexity index is 214. The fraction of sp³-hybridized carbons (Fsp3) is 1.00. The summed E-state index contributed by atoms with van der Waals surface area (Å²) < 4.78 is 5.61. The van der Waals surface area contributed by atoms with Crippen molar-refractivity contribution in [1.29, 1.82) is 0 Å². The molecule has 0 spiro atoms. The summed E-state index contributed by atoms with van der Waals surface area (Å²) in [5, 5.41) is 18.2. The molecule has 4 N–H and O–H groups in total. The van der Waals surface area contributed by atoms with Crippen molar-refractivity contribution in [2.75, 3.05) is 26.4 Å². The summed E-state index contributed by atoms with van der Waals surface area (Å²) in [6.07, 6.45) is 12.7. The second-order valence-electron chi connectivity index (χ2n) is 6.22. The Kier molecular flexibility index (Phi) is 19.4. The number of hydrogen-bond acceptors (Lipinski definition) is 4. The van der Waals surface area contributed by atoms with Crippen molar-refractivity contribution in [3.8, 4) is 0 Å². The first-order valence-electron chi connectivity index (χ1n) is 8.77. The van der Waals surface area contributed by atoms with Crippen LogP contribution in [-0.4, -0.2) is 42.2 Å². The second kappa shape index (κ2) is 17.5. The van der Waals surface area contributed by atoms with E-state index in [0.29, 0.717) is 6.42 Å². The van der Waals surface area contributed by atoms with Gasteiger partial charge >= 0.3 is 0 Å². The maximum Gasteiger partial charge on any atom is 0.0633 e. The highest BCUT2D eigenvalue weighted by Crippen LogP contribution is 2.13. The third-order valence-electron chi connectivity index (χ3n) is 3.99. The molecule has 4 nitrogen and oxygen atoms in total. The first kappa shape index (κ1) is 24.4. The van der Waals surface area contributed by atoms with Crippen LogP contribution in [0.3, 0.4) is 0 Å². The maximum absolute atomic E-state index is 9.08. The van der Waals surface area contributed by atoms with Crippen molar-refractivity contribution in [3.63, 3.8) is 0 Å². The van der Waals surface area contributed by atoms with Crippen LogP contribution in [0.5, 0.6) is 0 Å². The van der Waals surface area contributed by atoms with Gasteiger partial charge in [0, 0.05) is 13.2 Å². The molecule has 0 saturated carbocycles. The molecule has 0 unspecified atom stereocenters. The summed E-state index contributed by atoms with van der Waals surface area (Å²) in [5.74, 6) is 0. The van der Waals surface area contributed by atoms with Crippen LogP contribution in [-0.2, 0) is 4.74 Å². The third-order valence-corrected chi connectivity index (χ3v) is 3.99. The average molecular weight is 340 g/mol. The molecular weight excluding hydrogens is 302 g/mol. The van der Waals surface area contributed by atoms with Crippen molar-refractivity contribution < 1.29 is 14.9 Å². The number of ether oxygens (including phenoxy) is 1. The van der Waals surface area contributed by atoms with E-state index < -0.39 is 5.54 Å². The smallest absolute Gasteiger partial charge is 0.0633 e. The highest BCUT2D eigenvalue weighted by Gasteiger charge is 2.21. The van der Waals surface area contributed by atoms with E-state index in [-0.39, 0.29) is 25.6 Å². The minimum absolute atomic E-state index is 0. The number of nitrogens with two attached hydrogens (primary N) is 1. The predicted molar refractivity (Wildman–Crippen MR) is 95.6 cm³/mol. The SMILES string of the molecule is CCCCCCOCCCCCCCCC(N)(CO)CO.Cl. The Morgan fingerprint density at radius 1 is 0.773 bits per heavy atom. The summed E-state index contributed by atoms with van der Waals surface area (Å²) >= 11 is 0. The van der Waals surface area contributed by atoms with Gasteiger partial charge in [0.1, 0.15) is 0 Å². The van der Waals surface area contributed by atoms with Gasteiger partial charge < -0.3 is 20.7 Å². The fourth-order valence-corrected chi connectivity index (χ4v) is 2.33. The molecule has 0 radical (unpaired) electrons. The molecule has 0 amide bonds. The van der Waals surface area contributed by atoms with Crippen LogP contribution in [0.15, 0.2) is 0 Å². The first-order valence-corrected chi connectivity index (χ1v) is 8.77. The zero-order valence-corrected chi connectivity index (χ0v) is 15.2. The van der Waals surface area contributed by atoms with Crippen LogP contribution in [0, 0.1) is 0 Å². The van der Waals surface area contributed by atoms with Gasteiger partial charge in [-0.3, -0.25) is 0 Å². The maximum atomic E-state index is 9.08. The van der Waals surface area contributed by atoms with E-state index in [1.807, 2.05) is 0 Å². The molecule has 0 aromatic heterocycles. The van der Waals surface area contributed by atoms with E-state index in [0.717, 1.165) is 32.5 Å². The lowest BCUT2D eigenvalue weighted by molar-refractivity contribution is 0.112. The molecule has 0 bridgehead atoms. The zero-order chi connectivity index (χ0) is 15.8. The lowest BCUT2D eigenvalue weighted by Crippen LogP contribution is -2.47. The summed E-state index contributed by atoms with van der Waals surface area (Å²) in [6, 6.07) is 0. The van der Waals surface area contributed by atoms with Gasteiger partial charge in [0.25, 0.3) is 0 Å². The lowest BCUT2D eigenvalue weighted by Gasteiger charge is -2.24. The van der Waals surface area contributed by atoms with Crippen LogP contribution in [0.4, 0.5) is 0 Å². The van der Waals surface area contributed by atoms with E-state index in [9.17, 15) is 0 Å². The third kappa shape index (κ3) is 15.0. The van der Waals surface area contributed by atoms with E-state index in [2.05, 4.69) is 6.92 Å². The fourth-order valence-electron chi connectivity index (χ4n) is 2.33. The van der Waals surface area contributed by atoms with Crippen molar-refractivity contribution >= 4 is 12.4 Å². The average Bonchev–Trinajstić information content (AvgIpc) is 2.51. The van der Waals surface area contributed by atoms with Crippen LogP contribution in [0.1, 0.15) is 77.6 Å². The summed E-state index contributed by atoms with van der Waals surface area (Å²) in [4.78, 5) is 0. The van der Waals surface area contributed by atoms with Gasteiger partial charge in [-0.1, -0.05) is 58.3 Å². The molecular formula is C17H38ClNO3. The Balaban J connectivity index is 0. The van der Waals surface area contributed by atoms with Gasteiger partial charge in [0.15, 0.2) is 0 Å². The highest BCUT2D eigenvalue weighted by molar-refractivity contribution is 5.85. The Labute approximate surface area is 143 Å². The molecule has 0 atom stereocenters. The first-order chi connectivity index (χ1) is 10.2. The van der Waals surface area contributed by atoms with Crippen LogP contribution in [0.25, 0.3) is 0 Å². The lowest BCUT2D eigenvalue weighted by atomic mass is 9.95. The van der Waals surface area contributed by atoms with E-state index in [4.69, 9.17) is 20.7 Å². The van der Waals surface area contributed by atoms with E-state index in [1.165, 1.54) is 44.9 Å². The molecule has 22 heavy (non-hydrogen) atoms. The monoisotopic (exact) mass is 339 g/mol. The van der Waals surface area contributed by atoms with Crippen LogP contribution in [0.2, 0.25) is 0 Å². The molecule has 0 rings (SSSR count). The summed E-state index contributed by atoms with van der Waals surface area (Å²) in [7, 11) is 0. The van der Waals surface area contributed by atoms with Crippen molar-refractivity contribution in [1.82, 2.24) is 0 Å². The molecule has 0 aliphatic heterocycles. The molecule has 0 aromatic carbocycles. The number of hydrogen-bond donors (Lipinski definition) is 3. The van der Waals surface area contributed by atoms with Crippen molar-refractivity contribution in [2.45, 2.75) is 83.1 Å². The zero-order valence-electron chi connectivity index (χ0n) is 14.4. The normalized spacial score (nSPS) is 11.5. The topological polar surface area (TPSA) is 75.7 Å². The van der Waals surface area contributed by atoms with Gasteiger partial charge in [-0.15, -0.1) is 12.4 Å². The van der Waals surface area contributed by atoms with E-state index in [1.54, 1.807) is 0 Å². The summed E-state index contributed by atoms with van der Waals surface area (Å²) in [5.41, 5.74) is 5.03. The Morgan fingerprint density at radius 2 is 1.23 bits per heavy atom. The molecule has 0 fully saturated rings. The van der Waals surface area contributed by atoms with E-state index >= 15 is 0 Å². The minimum Gasteiger partial charge on any atom is -0.394 e. The largest absolute Gasteiger partial charge is 0.394 e. The van der Waals surface area contributed by atoms with Crippen molar-refractivity contribution in [2.24, 2.45) is 5.73 Å². The molecule has 136 valence electrons. The van der Waals surface area contributed by atoms with Crippen LogP contribution < -0.4 is 5.73 Å². The molecule has 0 saturated heterocycles. The predicted octanol–water partition coefficient (Wildman–Crippen LogP) is 3.42. The van der Waals surface area contributed by atoms with Crippen LogP contribution >= 0.6 is 12.4 Å². The molecule has 0 aliphatic rings. The quantitative estimate of drug-likeness (QED) is 0.377. The van der Waals surface area contributed by atoms with Gasteiger partial charge in [-0.05, 0) is 19.3 Å². The minimum atomic E-state index is -0.786. The number of rotatable bonds is 16. The van der Waals surface area contributed by atoms with Gasteiger partial charge in [-0.2, -0.15) is 0 Å². The Hall–Kier alpha value is 0.130. The highest BCUT2D eigenvalue weighted by atomic mass is 35.5. The van der Waals surface area contributed by atoms with Crippen molar-refractivity contribution in [3.05, 3.63) is 0 Å². The number of aliphatic hydroxyl groups is 2. The molecule has 0 aliphatic carbocycles. The van der Waals surface area contributed by atoms with Gasteiger partial charge in [-0.25, -0.2) is 0 Å². The second-order valence-corrected chi connectivity index (χ2v) is 6.22. The summed E-state index contributed by atoms with van der Waals surface area (Å²) in [6.45, 7) is 3.76. The molecule has 5 heteroatoms. The van der Waals surface area contributed by atoms with Gasteiger partial charge in [0.2, 0.25) is 0 Å². The number of unbranched alkanes of at least 4 members (excludes halogenated alkanes) is 8. The standard InChI is InChI=1S/C17H37NO3.ClH/c1-2-3-4-10-13-21-14-11-8-6-5-7-9-12-17(18,15-19)16-20;/h19-20H,2-16,18H2,1H3;1H. The number of aliphatic hydroxyl groups excluding tert-OH is 2. The van der Waals surface area contributed by atoms with Gasteiger partial charge in [0.05, 0.1) is 18.8 Å². The molecule has 0 aromatic rings. The Morgan fingerprint density at radius 3 is 1.73 bits per heavy atom. The molecule has 0 heterocycles.